The van der Waals surface area contributed by atoms with E-state index in [0.29, 0.717) is 11.3 Å². The van der Waals surface area contributed by atoms with Crippen molar-refractivity contribution < 1.29 is 19.2 Å². The summed E-state index contributed by atoms with van der Waals surface area (Å²) >= 11 is 1.50. The van der Waals surface area contributed by atoms with E-state index in [9.17, 15) is 19.2 Å². The number of amides is 5. The van der Waals surface area contributed by atoms with E-state index in [1.165, 1.54) is 11.3 Å². The van der Waals surface area contributed by atoms with E-state index in [1.807, 2.05) is 31.4 Å². The average molecular weight is 337 g/mol. The van der Waals surface area contributed by atoms with Gasteiger partial charge in [-0.1, -0.05) is 19.4 Å². The molecular formula is C15H19N3O4S. The summed E-state index contributed by atoms with van der Waals surface area (Å²) < 4.78 is 0. The van der Waals surface area contributed by atoms with Crippen molar-refractivity contribution in [2.24, 2.45) is 0 Å². The average Bonchev–Trinajstić information content (AvgIpc) is 3.11. The Balaban J connectivity index is 1.96. The number of rotatable bonds is 7. The van der Waals surface area contributed by atoms with Crippen molar-refractivity contribution >= 4 is 35.1 Å². The number of urea groups is 1. The van der Waals surface area contributed by atoms with Crippen LogP contribution in [-0.2, 0) is 14.4 Å². The van der Waals surface area contributed by atoms with Crippen LogP contribution >= 0.6 is 11.3 Å². The first-order valence-electron chi connectivity index (χ1n) is 7.45. The molecule has 1 N–H and O–H groups in total. The van der Waals surface area contributed by atoms with Gasteiger partial charge in [0.2, 0.25) is 5.91 Å². The van der Waals surface area contributed by atoms with Crippen LogP contribution in [0.15, 0.2) is 17.5 Å². The fraction of sp³-hybridized carbons (Fsp3) is 0.467. The summed E-state index contributed by atoms with van der Waals surface area (Å²) in [4.78, 5) is 50.4. The zero-order chi connectivity index (χ0) is 17.0. The normalized spacial score (nSPS) is 16.2. The van der Waals surface area contributed by atoms with Gasteiger partial charge in [-0.3, -0.25) is 19.3 Å². The van der Waals surface area contributed by atoms with Gasteiger partial charge in [-0.15, -0.1) is 11.3 Å². The van der Waals surface area contributed by atoms with Crippen molar-refractivity contribution in [2.45, 2.75) is 32.7 Å². The summed E-state index contributed by atoms with van der Waals surface area (Å²) in [5.41, 5.74) is 0. The number of hydrogen-bond donors (Lipinski definition) is 1. The third-order valence-corrected chi connectivity index (χ3v) is 4.57. The van der Waals surface area contributed by atoms with Crippen LogP contribution < -0.4 is 5.32 Å². The Hall–Kier alpha value is -2.22. The van der Waals surface area contributed by atoms with Gasteiger partial charge in [-0.2, -0.15) is 0 Å². The van der Waals surface area contributed by atoms with Crippen molar-refractivity contribution in [1.82, 2.24) is 15.1 Å². The van der Waals surface area contributed by atoms with E-state index in [0.717, 1.165) is 16.2 Å². The molecule has 0 aromatic carbocycles. The first kappa shape index (κ1) is 17.1. The number of imide groups is 2. The van der Waals surface area contributed by atoms with Crippen LogP contribution in [-0.4, -0.2) is 46.6 Å². The minimum Gasteiger partial charge on any atom is -0.347 e. The van der Waals surface area contributed by atoms with Crippen LogP contribution in [0.5, 0.6) is 0 Å². The van der Waals surface area contributed by atoms with E-state index in [4.69, 9.17) is 0 Å². The quantitative estimate of drug-likeness (QED) is 0.604. The summed E-state index contributed by atoms with van der Waals surface area (Å²) in [6.45, 7) is 3.49. The van der Waals surface area contributed by atoms with Crippen LogP contribution in [0.2, 0.25) is 0 Å². The van der Waals surface area contributed by atoms with Gasteiger partial charge in [-0.25, -0.2) is 9.69 Å². The van der Waals surface area contributed by atoms with Crippen LogP contribution in [0.4, 0.5) is 4.79 Å². The molecule has 124 valence electrons. The van der Waals surface area contributed by atoms with Crippen LogP contribution in [0.3, 0.4) is 0 Å². The number of carbonyl (C=O) groups is 4. The number of hydrogen-bond acceptors (Lipinski definition) is 5. The number of carbonyl (C=O) groups excluding carboxylic acids is 4. The molecule has 1 aliphatic rings. The number of thiophene rings is 1. The summed E-state index contributed by atoms with van der Waals surface area (Å²) in [5, 5.41) is 4.62. The molecule has 0 saturated carbocycles. The molecule has 1 fully saturated rings. The highest BCUT2D eigenvalue weighted by Gasteiger charge is 2.44. The molecule has 0 spiro atoms. The number of nitrogens with one attached hydrogen (secondary N) is 1. The summed E-state index contributed by atoms with van der Waals surface area (Å²) in [7, 11) is 0. The largest absolute Gasteiger partial charge is 0.347 e. The van der Waals surface area contributed by atoms with Gasteiger partial charge in [0.15, 0.2) is 0 Å². The minimum absolute atomic E-state index is 0.198. The maximum absolute atomic E-state index is 12.1. The molecule has 0 unspecified atom stereocenters. The molecule has 8 heteroatoms. The molecule has 0 aliphatic carbocycles. The molecule has 1 aromatic rings. The Morgan fingerprint density at radius 1 is 1.26 bits per heavy atom. The van der Waals surface area contributed by atoms with Gasteiger partial charge in [0.05, 0.1) is 6.04 Å². The SMILES string of the molecule is CCCCN1C(=O)C(=O)N(CC(=O)N[C@H](C)c2cccs2)C1=O. The van der Waals surface area contributed by atoms with Gasteiger partial charge in [0.1, 0.15) is 6.54 Å². The second-order valence-electron chi connectivity index (χ2n) is 5.29. The Kier molecular flexibility index (Phi) is 5.49. The summed E-state index contributed by atoms with van der Waals surface area (Å²) in [6, 6.07) is 2.83. The monoisotopic (exact) mass is 337 g/mol. The molecule has 2 rings (SSSR count). The van der Waals surface area contributed by atoms with Crippen molar-refractivity contribution in [3.8, 4) is 0 Å². The maximum atomic E-state index is 12.1. The number of unbranched alkanes of at least 4 members (excludes halogenated alkanes) is 1. The van der Waals surface area contributed by atoms with E-state index < -0.39 is 30.3 Å². The van der Waals surface area contributed by atoms with Gasteiger partial charge in [0, 0.05) is 11.4 Å². The lowest BCUT2D eigenvalue weighted by atomic mass is 10.2. The highest BCUT2D eigenvalue weighted by molar-refractivity contribution is 7.10. The maximum Gasteiger partial charge on any atom is 0.334 e. The van der Waals surface area contributed by atoms with Crippen LogP contribution in [0.25, 0.3) is 0 Å². The molecule has 1 saturated heterocycles. The molecule has 23 heavy (non-hydrogen) atoms. The Morgan fingerprint density at radius 2 is 1.96 bits per heavy atom. The highest BCUT2D eigenvalue weighted by atomic mass is 32.1. The lowest BCUT2D eigenvalue weighted by Gasteiger charge is -2.17. The molecule has 1 aliphatic heterocycles. The molecule has 1 atom stereocenters. The molecule has 0 bridgehead atoms. The van der Waals surface area contributed by atoms with Crippen molar-refractivity contribution in [1.29, 1.82) is 0 Å². The topological polar surface area (TPSA) is 86.8 Å². The summed E-state index contributed by atoms with van der Waals surface area (Å²) in [6.07, 6.45) is 1.42. The first-order valence-corrected chi connectivity index (χ1v) is 8.33. The highest BCUT2D eigenvalue weighted by Crippen LogP contribution is 2.18. The molecular weight excluding hydrogens is 318 g/mol. The second kappa shape index (κ2) is 7.36. The van der Waals surface area contributed by atoms with Gasteiger partial charge < -0.3 is 5.32 Å². The van der Waals surface area contributed by atoms with E-state index in [1.54, 1.807) is 0 Å². The third-order valence-electron chi connectivity index (χ3n) is 3.52. The van der Waals surface area contributed by atoms with Gasteiger partial charge in [0.25, 0.3) is 0 Å². The van der Waals surface area contributed by atoms with Crippen molar-refractivity contribution in [3.05, 3.63) is 22.4 Å². The van der Waals surface area contributed by atoms with Crippen molar-refractivity contribution in [2.75, 3.05) is 13.1 Å². The Bertz CT molecular complexity index is 614. The third kappa shape index (κ3) is 3.76. The van der Waals surface area contributed by atoms with E-state index in [-0.39, 0.29) is 12.6 Å². The van der Waals surface area contributed by atoms with Crippen LogP contribution in [0.1, 0.15) is 37.6 Å². The second-order valence-corrected chi connectivity index (χ2v) is 6.27. The Morgan fingerprint density at radius 3 is 2.57 bits per heavy atom. The van der Waals surface area contributed by atoms with Crippen molar-refractivity contribution in [3.63, 3.8) is 0 Å². The zero-order valence-electron chi connectivity index (χ0n) is 13.1. The molecule has 5 amide bonds. The predicted molar refractivity (Wildman–Crippen MR) is 84.6 cm³/mol. The Labute approximate surface area is 138 Å². The number of nitrogens with zero attached hydrogens (tertiary/aromatic N) is 2. The van der Waals surface area contributed by atoms with Gasteiger partial charge >= 0.3 is 17.8 Å². The fourth-order valence-electron chi connectivity index (χ4n) is 2.24. The summed E-state index contributed by atoms with van der Waals surface area (Å²) in [5.74, 6) is -2.27. The predicted octanol–water partition coefficient (Wildman–Crippen LogP) is 1.52. The molecule has 7 nitrogen and oxygen atoms in total. The zero-order valence-corrected chi connectivity index (χ0v) is 13.9. The minimum atomic E-state index is -0.940. The van der Waals surface area contributed by atoms with Gasteiger partial charge in [-0.05, 0) is 24.8 Å². The standard InChI is InChI=1S/C15H19N3O4S/c1-3-4-7-17-13(20)14(21)18(15(17)22)9-12(19)16-10(2)11-6-5-8-23-11/h5-6,8,10H,3-4,7,9H2,1-2H3,(H,16,19)/t10-/m1/s1. The van der Waals surface area contributed by atoms with E-state index in [2.05, 4.69) is 5.32 Å². The van der Waals surface area contributed by atoms with E-state index >= 15 is 0 Å². The lowest BCUT2D eigenvalue weighted by Crippen LogP contribution is -2.42. The molecule has 0 radical (unpaired) electrons. The lowest BCUT2D eigenvalue weighted by molar-refractivity contribution is -0.144. The molecule has 1 aromatic heterocycles. The fourth-order valence-corrected chi connectivity index (χ4v) is 2.98. The smallest absolute Gasteiger partial charge is 0.334 e. The first-order chi connectivity index (χ1) is 11.0. The molecule has 2 heterocycles. The van der Waals surface area contributed by atoms with Crippen LogP contribution in [0, 0.1) is 0 Å².